The van der Waals surface area contributed by atoms with Crippen molar-refractivity contribution in [2.75, 3.05) is 5.32 Å². The van der Waals surface area contributed by atoms with E-state index in [1.807, 2.05) is 54.6 Å². The van der Waals surface area contributed by atoms with Crippen molar-refractivity contribution in [3.63, 3.8) is 0 Å². The number of benzene rings is 2. The Bertz CT molecular complexity index is 1080. The summed E-state index contributed by atoms with van der Waals surface area (Å²) in [6, 6.07) is 21.1. The molecule has 0 aliphatic heterocycles. The fourth-order valence-corrected chi connectivity index (χ4v) is 2.95. The third-order valence-corrected chi connectivity index (χ3v) is 4.54. The summed E-state index contributed by atoms with van der Waals surface area (Å²) >= 11 is 5.91. The number of aromatic amines is 1. The lowest BCUT2D eigenvalue weighted by Crippen LogP contribution is -2.06. The quantitative estimate of drug-likeness (QED) is 0.430. The largest absolute Gasteiger partial charge is 0.486 e. The van der Waals surface area contributed by atoms with Crippen LogP contribution in [0.5, 0.6) is 5.75 Å². The van der Waals surface area contributed by atoms with Crippen LogP contribution in [0.2, 0.25) is 5.02 Å². The highest BCUT2D eigenvalue weighted by molar-refractivity contribution is 6.30. The van der Waals surface area contributed by atoms with Gasteiger partial charge < -0.3 is 10.1 Å². The van der Waals surface area contributed by atoms with Gasteiger partial charge in [0.25, 0.3) is 0 Å². The summed E-state index contributed by atoms with van der Waals surface area (Å²) < 4.78 is 5.78. The number of H-pyrrole nitrogens is 1. The Morgan fingerprint density at radius 2 is 1.76 bits per heavy atom. The molecule has 0 fully saturated rings. The second-order valence-corrected chi connectivity index (χ2v) is 6.85. The average Bonchev–Trinajstić information content (AvgIpc) is 3.22. The fraction of sp³-hybridized carbons (Fsp3) is 0.136. The Morgan fingerprint density at radius 3 is 2.52 bits per heavy atom. The number of nitrogens with one attached hydrogen (secondary N) is 2. The van der Waals surface area contributed by atoms with Gasteiger partial charge in [0.05, 0.1) is 5.69 Å². The number of halogens is 1. The first kappa shape index (κ1) is 19.0. The van der Waals surface area contributed by atoms with Gasteiger partial charge in [0.2, 0.25) is 0 Å². The summed E-state index contributed by atoms with van der Waals surface area (Å²) in [4.78, 5) is 9.11. The maximum Gasteiger partial charge on any atom is 0.168 e. The average molecular weight is 406 g/mol. The van der Waals surface area contributed by atoms with Crippen LogP contribution in [0.15, 0.2) is 66.7 Å². The van der Waals surface area contributed by atoms with Gasteiger partial charge in [-0.3, -0.25) is 5.10 Å². The van der Waals surface area contributed by atoms with Gasteiger partial charge in [-0.2, -0.15) is 5.10 Å². The monoisotopic (exact) mass is 405 g/mol. The van der Waals surface area contributed by atoms with Crippen molar-refractivity contribution in [3.05, 3.63) is 83.3 Å². The van der Waals surface area contributed by atoms with Gasteiger partial charge in [-0.05, 0) is 36.2 Å². The SMILES string of the molecule is CCc1cc(Nc2cc(-c3ccccc3)[nH]n2)nc(COc2ccc(Cl)cc2)n1. The lowest BCUT2D eigenvalue weighted by atomic mass is 10.2. The van der Waals surface area contributed by atoms with Crippen molar-refractivity contribution in [2.24, 2.45) is 0 Å². The van der Waals surface area contributed by atoms with E-state index in [1.54, 1.807) is 12.1 Å². The van der Waals surface area contributed by atoms with E-state index in [2.05, 4.69) is 32.4 Å². The zero-order valence-corrected chi connectivity index (χ0v) is 16.6. The lowest BCUT2D eigenvalue weighted by molar-refractivity contribution is 0.295. The molecule has 7 heteroatoms. The van der Waals surface area contributed by atoms with Crippen LogP contribution in [0.25, 0.3) is 11.3 Å². The van der Waals surface area contributed by atoms with Crippen LogP contribution in [0.4, 0.5) is 11.6 Å². The van der Waals surface area contributed by atoms with Crippen molar-refractivity contribution < 1.29 is 4.74 Å². The van der Waals surface area contributed by atoms with Gasteiger partial charge in [-0.1, -0.05) is 48.9 Å². The molecule has 4 aromatic rings. The molecule has 0 unspecified atom stereocenters. The highest BCUT2D eigenvalue weighted by Crippen LogP contribution is 2.22. The molecule has 0 aliphatic rings. The molecule has 2 aromatic heterocycles. The van der Waals surface area contributed by atoms with Gasteiger partial charge in [0.1, 0.15) is 18.2 Å². The van der Waals surface area contributed by atoms with E-state index in [4.69, 9.17) is 16.3 Å². The molecule has 0 saturated carbocycles. The van der Waals surface area contributed by atoms with Crippen LogP contribution in [0.3, 0.4) is 0 Å². The van der Waals surface area contributed by atoms with E-state index >= 15 is 0 Å². The van der Waals surface area contributed by atoms with Crippen LogP contribution >= 0.6 is 11.6 Å². The molecule has 6 nitrogen and oxygen atoms in total. The maximum absolute atomic E-state index is 5.91. The molecule has 2 N–H and O–H groups in total. The van der Waals surface area contributed by atoms with Crippen LogP contribution in [0.1, 0.15) is 18.4 Å². The zero-order valence-electron chi connectivity index (χ0n) is 15.9. The number of hydrogen-bond donors (Lipinski definition) is 2. The number of aromatic nitrogens is 4. The van der Waals surface area contributed by atoms with Crippen LogP contribution in [0, 0.1) is 0 Å². The van der Waals surface area contributed by atoms with Gasteiger partial charge in [-0.25, -0.2) is 9.97 Å². The molecular formula is C22H20ClN5O. The van der Waals surface area contributed by atoms with E-state index in [-0.39, 0.29) is 6.61 Å². The molecule has 2 heterocycles. The predicted octanol–water partition coefficient (Wildman–Crippen LogP) is 5.41. The normalized spacial score (nSPS) is 10.7. The number of anilines is 2. The van der Waals surface area contributed by atoms with E-state index in [1.165, 1.54) is 0 Å². The molecule has 0 saturated heterocycles. The number of nitrogens with zero attached hydrogens (tertiary/aromatic N) is 3. The van der Waals surface area contributed by atoms with Gasteiger partial charge in [-0.15, -0.1) is 0 Å². The van der Waals surface area contributed by atoms with Crippen molar-refractivity contribution in [3.8, 4) is 17.0 Å². The third-order valence-electron chi connectivity index (χ3n) is 4.29. The Hall–Kier alpha value is -3.38. The van der Waals surface area contributed by atoms with E-state index in [0.29, 0.717) is 28.2 Å². The molecule has 0 atom stereocenters. The molecular weight excluding hydrogens is 386 g/mol. The van der Waals surface area contributed by atoms with E-state index in [9.17, 15) is 0 Å². The van der Waals surface area contributed by atoms with Crippen molar-refractivity contribution >= 4 is 23.2 Å². The highest BCUT2D eigenvalue weighted by Gasteiger charge is 2.08. The molecule has 146 valence electrons. The molecule has 2 aromatic carbocycles. The first-order chi connectivity index (χ1) is 14.2. The number of rotatable bonds is 7. The summed E-state index contributed by atoms with van der Waals surface area (Å²) in [7, 11) is 0. The molecule has 0 bridgehead atoms. The summed E-state index contributed by atoms with van der Waals surface area (Å²) in [6.45, 7) is 2.32. The molecule has 29 heavy (non-hydrogen) atoms. The highest BCUT2D eigenvalue weighted by atomic mass is 35.5. The van der Waals surface area contributed by atoms with E-state index < -0.39 is 0 Å². The molecule has 0 aliphatic carbocycles. The molecule has 0 radical (unpaired) electrons. The topological polar surface area (TPSA) is 75.7 Å². The van der Waals surface area contributed by atoms with Crippen molar-refractivity contribution in [2.45, 2.75) is 20.0 Å². The summed E-state index contributed by atoms with van der Waals surface area (Å²) in [5.41, 5.74) is 2.93. The molecule has 4 rings (SSSR count). The third kappa shape index (κ3) is 4.92. The van der Waals surface area contributed by atoms with Gasteiger partial charge in [0, 0.05) is 22.8 Å². The second-order valence-electron chi connectivity index (χ2n) is 6.41. The van der Waals surface area contributed by atoms with Crippen LogP contribution in [-0.2, 0) is 13.0 Å². The van der Waals surface area contributed by atoms with Crippen LogP contribution in [-0.4, -0.2) is 20.2 Å². The van der Waals surface area contributed by atoms with Crippen molar-refractivity contribution in [1.82, 2.24) is 20.2 Å². The van der Waals surface area contributed by atoms with Crippen molar-refractivity contribution in [1.29, 1.82) is 0 Å². The summed E-state index contributed by atoms with van der Waals surface area (Å²) in [6.07, 6.45) is 0.793. The minimum atomic E-state index is 0.264. The standard InChI is InChI=1S/C22H20ClN5O/c1-2-17-12-20(25-21-13-19(27-28-21)15-6-4-3-5-7-15)26-22(24-17)14-29-18-10-8-16(23)9-11-18/h3-13H,2,14H2,1H3,(H2,24,25,26,27,28). The predicted molar refractivity (Wildman–Crippen MR) is 115 cm³/mol. The Balaban J connectivity index is 1.49. The Labute approximate surface area is 174 Å². The Kier molecular flexibility index (Phi) is 5.72. The number of hydrogen-bond acceptors (Lipinski definition) is 5. The van der Waals surface area contributed by atoms with Crippen LogP contribution < -0.4 is 10.1 Å². The fourth-order valence-electron chi connectivity index (χ4n) is 2.82. The smallest absolute Gasteiger partial charge is 0.168 e. The second kappa shape index (κ2) is 8.75. The minimum Gasteiger partial charge on any atom is -0.486 e. The van der Waals surface area contributed by atoms with E-state index in [0.717, 1.165) is 23.4 Å². The molecule has 0 spiro atoms. The molecule has 0 amide bonds. The first-order valence-electron chi connectivity index (χ1n) is 9.32. The first-order valence-corrected chi connectivity index (χ1v) is 9.70. The lowest BCUT2D eigenvalue weighted by Gasteiger charge is -2.09. The van der Waals surface area contributed by atoms with Gasteiger partial charge >= 0.3 is 0 Å². The zero-order chi connectivity index (χ0) is 20.1. The Morgan fingerprint density at radius 1 is 0.966 bits per heavy atom. The van der Waals surface area contributed by atoms with Gasteiger partial charge in [0.15, 0.2) is 11.6 Å². The summed E-state index contributed by atoms with van der Waals surface area (Å²) in [5.74, 6) is 2.68. The maximum atomic E-state index is 5.91. The number of ether oxygens (including phenoxy) is 1. The summed E-state index contributed by atoms with van der Waals surface area (Å²) in [5, 5.41) is 11.3. The minimum absolute atomic E-state index is 0.264. The number of aryl methyl sites for hydroxylation is 1.